The quantitative estimate of drug-likeness (QED) is 0.896. The second kappa shape index (κ2) is 7.22. The average molecular weight is 307 g/mol. The zero-order chi connectivity index (χ0) is 15.2. The maximum atomic E-state index is 13.1. The van der Waals surface area contributed by atoms with Gasteiger partial charge in [0, 0.05) is 17.5 Å². The minimum Gasteiger partial charge on any atom is -0.325 e. The fourth-order valence-electron chi connectivity index (χ4n) is 1.69. The Morgan fingerprint density at radius 3 is 2.52 bits per heavy atom. The molecule has 1 amide bonds. The Balaban J connectivity index is 1.89. The second-order valence-corrected chi connectivity index (χ2v) is 5.89. The molecule has 1 N–H and O–H groups in total. The summed E-state index contributed by atoms with van der Waals surface area (Å²) in [5, 5.41) is 2.29. The number of hydrogen-bond acceptors (Lipinski definition) is 2. The number of amides is 1. The zero-order valence-corrected chi connectivity index (χ0v) is 12.3. The van der Waals surface area contributed by atoms with Crippen molar-refractivity contribution in [3.63, 3.8) is 0 Å². The lowest BCUT2D eigenvalue weighted by Crippen LogP contribution is -2.22. The minimum atomic E-state index is -0.975. The van der Waals surface area contributed by atoms with E-state index in [1.807, 2.05) is 30.3 Å². The van der Waals surface area contributed by atoms with Crippen LogP contribution in [0.4, 0.5) is 14.5 Å². The van der Waals surface area contributed by atoms with Gasteiger partial charge in [0.25, 0.3) is 0 Å². The number of halogens is 2. The molecule has 0 unspecified atom stereocenters. The molecule has 0 radical (unpaired) electrons. The Kier molecular flexibility index (Phi) is 5.33. The van der Waals surface area contributed by atoms with Crippen LogP contribution in [0.5, 0.6) is 0 Å². The number of nitrogens with one attached hydrogen (secondary N) is 1. The fourth-order valence-corrected chi connectivity index (χ4v) is 2.53. The first kappa shape index (κ1) is 15.5. The van der Waals surface area contributed by atoms with Crippen LogP contribution in [-0.4, -0.2) is 11.2 Å². The number of anilines is 1. The van der Waals surface area contributed by atoms with E-state index in [2.05, 4.69) is 5.32 Å². The van der Waals surface area contributed by atoms with Crippen molar-refractivity contribution in [1.29, 1.82) is 0 Å². The lowest BCUT2D eigenvalue weighted by molar-refractivity contribution is -0.115. The first-order valence-corrected chi connectivity index (χ1v) is 7.52. The number of carbonyl (C=O) groups is 1. The highest BCUT2D eigenvalue weighted by Gasteiger charge is 2.14. The van der Waals surface area contributed by atoms with Gasteiger partial charge in [-0.15, -0.1) is 11.8 Å². The molecule has 2 aromatic rings. The molecule has 21 heavy (non-hydrogen) atoms. The number of rotatable bonds is 5. The van der Waals surface area contributed by atoms with Gasteiger partial charge in [-0.05, 0) is 24.6 Å². The molecular formula is C16H15F2NOS. The van der Waals surface area contributed by atoms with Crippen LogP contribution in [-0.2, 0) is 10.5 Å². The highest BCUT2D eigenvalue weighted by molar-refractivity contribution is 7.99. The summed E-state index contributed by atoms with van der Waals surface area (Å²) in [4.78, 5) is 12.0. The van der Waals surface area contributed by atoms with E-state index < -0.39 is 11.6 Å². The molecule has 0 saturated carbocycles. The average Bonchev–Trinajstić information content (AvgIpc) is 2.49. The van der Waals surface area contributed by atoms with Crippen molar-refractivity contribution in [2.24, 2.45) is 0 Å². The normalized spacial score (nSPS) is 12.0. The van der Waals surface area contributed by atoms with Gasteiger partial charge in [0.2, 0.25) is 5.91 Å². The Hall–Kier alpha value is -1.88. The van der Waals surface area contributed by atoms with Crippen molar-refractivity contribution >= 4 is 23.4 Å². The van der Waals surface area contributed by atoms with Gasteiger partial charge in [-0.3, -0.25) is 4.79 Å². The Labute approximate surface area is 126 Å². The molecule has 0 aliphatic rings. The topological polar surface area (TPSA) is 29.1 Å². The summed E-state index contributed by atoms with van der Waals surface area (Å²) in [5.74, 6) is -1.42. The number of thioether (sulfide) groups is 1. The van der Waals surface area contributed by atoms with Crippen LogP contribution >= 0.6 is 11.8 Å². The summed E-state index contributed by atoms with van der Waals surface area (Å²) in [6, 6.07) is 13.1. The monoisotopic (exact) mass is 307 g/mol. The van der Waals surface area contributed by atoms with Gasteiger partial charge in [-0.2, -0.15) is 0 Å². The number of benzene rings is 2. The SMILES string of the molecule is C[C@@H](SCc1ccccc1)C(=O)Nc1ccc(F)c(F)c1. The van der Waals surface area contributed by atoms with Crippen LogP contribution in [0.1, 0.15) is 12.5 Å². The van der Waals surface area contributed by atoms with E-state index in [4.69, 9.17) is 0 Å². The Morgan fingerprint density at radius 2 is 1.86 bits per heavy atom. The smallest absolute Gasteiger partial charge is 0.237 e. The first-order valence-electron chi connectivity index (χ1n) is 6.47. The fraction of sp³-hybridized carbons (Fsp3) is 0.188. The third kappa shape index (κ3) is 4.56. The van der Waals surface area contributed by atoms with Gasteiger partial charge in [0.05, 0.1) is 5.25 Å². The van der Waals surface area contributed by atoms with E-state index in [0.717, 1.165) is 17.7 Å². The third-order valence-corrected chi connectivity index (χ3v) is 4.11. The van der Waals surface area contributed by atoms with Crippen LogP contribution in [0.2, 0.25) is 0 Å². The summed E-state index contributed by atoms with van der Waals surface area (Å²) in [5.41, 5.74) is 1.39. The standard InChI is InChI=1S/C16H15F2NOS/c1-11(21-10-12-5-3-2-4-6-12)16(20)19-13-7-8-14(17)15(18)9-13/h2-9,11H,10H2,1H3,(H,19,20)/t11-/m1/s1. The van der Waals surface area contributed by atoms with Gasteiger partial charge in [0.15, 0.2) is 11.6 Å². The van der Waals surface area contributed by atoms with Gasteiger partial charge in [-0.1, -0.05) is 30.3 Å². The summed E-state index contributed by atoms with van der Waals surface area (Å²) in [7, 11) is 0. The molecule has 0 aromatic heterocycles. The molecule has 0 saturated heterocycles. The van der Waals surface area contributed by atoms with E-state index >= 15 is 0 Å². The number of carbonyl (C=O) groups excluding carboxylic acids is 1. The Morgan fingerprint density at radius 1 is 1.14 bits per heavy atom. The lowest BCUT2D eigenvalue weighted by atomic mass is 10.2. The summed E-state index contributed by atoms with van der Waals surface area (Å²) < 4.78 is 25.9. The van der Waals surface area contributed by atoms with E-state index in [1.54, 1.807) is 6.92 Å². The van der Waals surface area contributed by atoms with Crippen LogP contribution in [0, 0.1) is 11.6 Å². The molecule has 0 aliphatic carbocycles. The lowest BCUT2D eigenvalue weighted by Gasteiger charge is -2.12. The van der Waals surface area contributed by atoms with Crippen LogP contribution < -0.4 is 5.32 Å². The maximum Gasteiger partial charge on any atom is 0.237 e. The van der Waals surface area contributed by atoms with E-state index in [-0.39, 0.29) is 16.8 Å². The Bertz CT molecular complexity index is 619. The molecule has 0 fully saturated rings. The predicted octanol–water partition coefficient (Wildman–Crippen LogP) is 4.23. The van der Waals surface area contributed by atoms with Gasteiger partial charge >= 0.3 is 0 Å². The van der Waals surface area contributed by atoms with Crippen molar-refractivity contribution in [3.8, 4) is 0 Å². The number of hydrogen-bond donors (Lipinski definition) is 1. The van der Waals surface area contributed by atoms with Crippen molar-refractivity contribution in [1.82, 2.24) is 0 Å². The molecule has 2 aromatic carbocycles. The third-order valence-electron chi connectivity index (χ3n) is 2.90. The first-order chi connectivity index (χ1) is 10.1. The van der Waals surface area contributed by atoms with Crippen LogP contribution in [0.3, 0.4) is 0 Å². The zero-order valence-electron chi connectivity index (χ0n) is 11.5. The van der Waals surface area contributed by atoms with Crippen LogP contribution in [0.25, 0.3) is 0 Å². The molecule has 5 heteroatoms. The van der Waals surface area contributed by atoms with E-state index in [0.29, 0.717) is 5.75 Å². The molecule has 2 nitrogen and oxygen atoms in total. The van der Waals surface area contributed by atoms with Crippen molar-refractivity contribution in [2.75, 3.05) is 5.32 Å². The molecule has 0 aliphatic heterocycles. The van der Waals surface area contributed by atoms with Crippen molar-refractivity contribution in [3.05, 3.63) is 65.7 Å². The van der Waals surface area contributed by atoms with E-state index in [1.165, 1.54) is 17.8 Å². The summed E-state index contributed by atoms with van der Waals surface area (Å²) >= 11 is 1.48. The van der Waals surface area contributed by atoms with Crippen LogP contribution in [0.15, 0.2) is 48.5 Å². The van der Waals surface area contributed by atoms with Crippen molar-refractivity contribution in [2.45, 2.75) is 17.9 Å². The predicted molar refractivity (Wildman–Crippen MR) is 82.2 cm³/mol. The molecule has 0 spiro atoms. The molecule has 2 rings (SSSR count). The minimum absolute atomic E-state index is 0.234. The molecule has 1 atom stereocenters. The highest BCUT2D eigenvalue weighted by atomic mass is 32.2. The van der Waals surface area contributed by atoms with Gasteiger partial charge < -0.3 is 5.32 Å². The second-order valence-electron chi connectivity index (χ2n) is 4.56. The van der Waals surface area contributed by atoms with E-state index in [9.17, 15) is 13.6 Å². The summed E-state index contributed by atoms with van der Waals surface area (Å²) in [6.07, 6.45) is 0. The highest BCUT2D eigenvalue weighted by Crippen LogP contribution is 2.20. The maximum absolute atomic E-state index is 13.1. The van der Waals surface area contributed by atoms with Gasteiger partial charge in [0.1, 0.15) is 0 Å². The molecule has 110 valence electrons. The molecule has 0 heterocycles. The van der Waals surface area contributed by atoms with Crippen molar-refractivity contribution < 1.29 is 13.6 Å². The largest absolute Gasteiger partial charge is 0.325 e. The summed E-state index contributed by atoms with van der Waals surface area (Å²) in [6.45, 7) is 1.78. The molecule has 0 bridgehead atoms. The molecular weight excluding hydrogens is 292 g/mol. The van der Waals surface area contributed by atoms with Gasteiger partial charge in [-0.25, -0.2) is 8.78 Å².